The summed E-state index contributed by atoms with van der Waals surface area (Å²) < 4.78 is 39.2. The van der Waals surface area contributed by atoms with Crippen molar-refractivity contribution in [2.75, 3.05) is 11.6 Å². The van der Waals surface area contributed by atoms with Crippen LogP contribution in [-0.4, -0.2) is 20.1 Å². The average molecular weight is 294 g/mol. The second-order valence-electron chi connectivity index (χ2n) is 4.44. The van der Waals surface area contributed by atoms with Crippen molar-refractivity contribution >= 4 is 21.6 Å². The standard InChI is InChI=1S/C12H17ClFNO2S/c1-9(7-13)8-18(16,17)15-10(2)11-4-3-5-12(14)6-11/h3-6,9-10,15H,7-8H2,1-2H3. The van der Waals surface area contributed by atoms with Gasteiger partial charge in [-0.15, -0.1) is 11.6 Å². The van der Waals surface area contributed by atoms with Gasteiger partial charge in [-0.05, 0) is 30.5 Å². The molecular formula is C12H17ClFNO2S. The summed E-state index contributed by atoms with van der Waals surface area (Å²) in [5.41, 5.74) is 0.595. The Morgan fingerprint density at radius 1 is 1.39 bits per heavy atom. The summed E-state index contributed by atoms with van der Waals surface area (Å²) in [7, 11) is -3.41. The third kappa shape index (κ3) is 4.92. The summed E-state index contributed by atoms with van der Waals surface area (Å²) in [6, 6.07) is 5.41. The Morgan fingerprint density at radius 2 is 2.06 bits per heavy atom. The van der Waals surface area contributed by atoms with E-state index >= 15 is 0 Å². The van der Waals surface area contributed by atoms with Gasteiger partial charge < -0.3 is 0 Å². The zero-order chi connectivity index (χ0) is 13.8. The molecule has 0 aromatic heterocycles. The second kappa shape index (κ2) is 6.50. The minimum Gasteiger partial charge on any atom is -0.212 e. The molecule has 1 aromatic carbocycles. The quantitative estimate of drug-likeness (QED) is 0.820. The molecule has 0 heterocycles. The van der Waals surface area contributed by atoms with E-state index in [1.807, 2.05) is 0 Å². The van der Waals surface area contributed by atoms with Crippen LogP contribution in [0.4, 0.5) is 4.39 Å². The molecule has 0 radical (unpaired) electrons. The molecule has 102 valence electrons. The molecule has 6 heteroatoms. The van der Waals surface area contributed by atoms with Crippen molar-refractivity contribution in [3.8, 4) is 0 Å². The minimum absolute atomic E-state index is 0.0316. The van der Waals surface area contributed by atoms with Gasteiger partial charge in [0.15, 0.2) is 0 Å². The van der Waals surface area contributed by atoms with Crippen LogP contribution in [0, 0.1) is 11.7 Å². The molecule has 18 heavy (non-hydrogen) atoms. The van der Waals surface area contributed by atoms with E-state index in [-0.39, 0.29) is 23.4 Å². The first kappa shape index (κ1) is 15.4. The largest absolute Gasteiger partial charge is 0.212 e. The van der Waals surface area contributed by atoms with E-state index in [0.29, 0.717) is 5.56 Å². The summed E-state index contributed by atoms with van der Waals surface area (Å²) in [5.74, 6) is -0.248. The summed E-state index contributed by atoms with van der Waals surface area (Å²) in [6.45, 7) is 3.44. The van der Waals surface area contributed by atoms with E-state index in [0.717, 1.165) is 0 Å². The van der Waals surface area contributed by atoms with Crippen LogP contribution in [0.25, 0.3) is 0 Å². The topological polar surface area (TPSA) is 46.2 Å². The second-order valence-corrected chi connectivity index (χ2v) is 6.54. The van der Waals surface area contributed by atoms with Crippen LogP contribution < -0.4 is 4.72 Å². The summed E-state index contributed by atoms with van der Waals surface area (Å²) in [6.07, 6.45) is 0. The van der Waals surface area contributed by atoms with Gasteiger partial charge in [-0.25, -0.2) is 17.5 Å². The number of rotatable bonds is 6. The van der Waals surface area contributed by atoms with Crippen LogP contribution in [0.5, 0.6) is 0 Å². The molecule has 0 aliphatic heterocycles. The predicted octanol–water partition coefficient (Wildman–Crippen LogP) is 2.68. The Labute approximate surface area is 112 Å². The normalized spacial score (nSPS) is 15.3. The number of hydrogen-bond donors (Lipinski definition) is 1. The first-order valence-electron chi connectivity index (χ1n) is 5.65. The van der Waals surface area contributed by atoms with E-state index in [9.17, 15) is 12.8 Å². The first-order valence-corrected chi connectivity index (χ1v) is 7.84. The highest BCUT2D eigenvalue weighted by molar-refractivity contribution is 7.89. The lowest BCUT2D eigenvalue weighted by atomic mass is 10.1. The van der Waals surface area contributed by atoms with Gasteiger partial charge in [0.2, 0.25) is 10.0 Å². The van der Waals surface area contributed by atoms with Gasteiger partial charge in [0, 0.05) is 11.9 Å². The molecule has 1 N–H and O–H groups in total. The SMILES string of the molecule is CC(CCl)CS(=O)(=O)NC(C)c1cccc(F)c1. The fourth-order valence-corrected chi connectivity index (χ4v) is 3.46. The molecule has 0 fully saturated rings. The molecule has 2 unspecified atom stereocenters. The van der Waals surface area contributed by atoms with Gasteiger partial charge in [0.25, 0.3) is 0 Å². The highest BCUT2D eigenvalue weighted by atomic mass is 35.5. The maximum Gasteiger partial charge on any atom is 0.212 e. The Hall–Kier alpha value is -0.650. The molecule has 1 rings (SSSR count). The predicted molar refractivity (Wildman–Crippen MR) is 71.6 cm³/mol. The molecule has 0 spiro atoms. The maximum atomic E-state index is 13.0. The van der Waals surface area contributed by atoms with Crippen molar-refractivity contribution in [2.24, 2.45) is 5.92 Å². The Morgan fingerprint density at radius 3 is 2.61 bits per heavy atom. The zero-order valence-corrected chi connectivity index (χ0v) is 11.9. The number of halogens is 2. The molecule has 0 bridgehead atoms. The van der Waals surface area contributed by atoms with Crippen molar-refractivity contribution in [1.29, 1.82) is 0 Å². The number of sulfonamides is 1. The smallest absolute Gasteiger partial charge is 0.212 e. The summed E-state index contributed by atoms with van der Waals surface area (Å²) in [5, 5.41) is 0. The lowest BCUT2D eigenvalue weighted by Gasteiger charge is -2.16. The van der Waals surface area contributed by atoms with E-state index in [1.54, 1.807) is 26.0 Å². The summed E-state index contributed by atoms with van der Waals surface area (Å²) >= 11 is 5.59. The van der Waals surface area contributed by atoms with Gasteiger partial charge in [-0.2, -0.15) is 0 Å². The molecular weight excluding hydrogens is 277 g/mol. The van der Waals surface area contributed by atoms with Crippen LogP contribution >= 0.6 is 11.6 Å². The molecule has 0 saturated carbocycles. The minimum atomic E-state index is -3.41. The van der Waals surface area contributed by atoms with Crippen molar-refractivity contribution in [3.05, 3.63) is 35.6 Å². The monoisotopic (exact) mass is 293 g/mol. The Balaban J connectivity index is 2.72. The Kier molecular flexibility index (Phi) is 5.56. The van der Waals surface area contributed by atoms with E-state index < -0.39 is 16.1 Å². The van der Waals surface area contributed by atoms with Gasteiger partial charge in [-0.3, -0.25) is 0 Å². The van der Waals surface area contributed by atoms with Crippen molar-refractivity contribution in [2.45, 2.75) is 19.9 Å². The number of alkyl halides is 1. The van der Waals surface area contributed by atoms with Gasteiger partial charge in [0.1, 0.15) is 5.82 Å². The Bertz CT molecular complexity index is 493. The van der Waals surface area contributed by atoms with Gasteiger partial charge in [0.05, 0.1) is 5.75 Å². The van der Waals surface area contributed by atoms with Crippen molar-refractivity contribution in [3.63, 3.8) is 0 Å². The van der Waals surface area contributed by atoms with Crippen LogP contribution in [0.15, 0.2) is 24.3 Å². The molecule has 2 atom stereocenters. The van der Waals surface area contributed by atoms with E-state index in [1.165, 1.54) is 12.1 Å². The van der Waals surface area contributed by atoms with Gasteiger partial charge >= 0.3 is 0 Å². The van der Waals surface area contributed by atoms with E-state index in [2.05, 4.69) is 4.72 Å². The molecule has 1 aromatic rings. The molecule has 3 nitrogen and oxygen atoms in total. The lowest BCUT2D eigenvalue weighted by Crippen LogP contribution is -2.31. The molecule has 0 saturated heterocycles. The summed E-state index contributed by atoms with van der Waals surface area (Å²) in [4.78, 5) is 0. The maximum absolute atomic E-state index is 13.0. The number of hydrogen-bond acceptors (Lipinski definition) is 2. The number of nitrogens with one attached hydrogen (secondary N) is 1. The van der Waals surface area contributed by atoms with Crippen molar-refractivity contribution < 1.29 is 12.8 Å². The zero-order valence-electron chi connectivity index (χ0n) is 10.4. The van der Waals surface area contributed by atoms with Crippen LogP contribution in [-0.2, 0) is 10.0 Å². The third-order valence-corrected chi connectivity index (χ3v) is 4.72. The van der Waals surface area contributed by atoms with Gasteiger partial charge in [-0.1, -0.05) is 19.1 Å². The molecule has 0 aliphatic carbocycles. The fourth-order valence-electron chi connectivity index (χ4n) is 1.58. The van der Waals surface area contributed by atoms with Crippen LogP contribution in [0.1, 0.15) is 25.5 Å². The highest BCUT2D eigenvalue weighted by Crippen LogP contribution is 2.15. The van der Waals surface area contributed by atoms with Crippen LogP contribution in [0.3, 0.4) is 0 Å². The number of benzene rings is 1. The lowest BCUT2D eigenvalue weighted by molar-refractivity contribution is 0.553. The third-order valence-electron chi connectivity index (χ3n) is 2.47. The average Bonchev–Trinajstić information content (AvgIpc) is 2.27. The molecule has 0 aliphatic rings. The highest BCUT2D eigenvalue weighted by Gasteiger charge is 2.18. The first-order chi connectivity index (χ1) is 8.34. The van der Waals surface area contributed by atoms with Crippen LogP contribution in [0.2, 0.25) is 0 Å². The molecule has 0 amide bonds. The fraction of sp³-hybridized carbons (Fsp3) is 0.500. The van der Waals surface area contributed by atoms with Crippen molar-refractivity contribution in [1.82, 2.24) is 4.72 Å². The van der Waals surface area contributed by atoms with E-state index in [4.69, 9.17) is 11.6 Å².